The molecule has 8 nitrogen and oxygen atoms in total. The molecule has 0 aliphatic carbocycles. The van der Waals surface area contributed by atoms with E-state index in [4.69, 9.17) is 11.6 Å². The lowest BCUT2D eigenvalue weighted by Gasteiger charge is -2.35. The fourth-order valence-corrected chi connectivity index (χ4v) is 7.73. The largest absolute Gasteiger partial charge is 0.508 e. The number of rotatable bonds is 5. The molecular formula is C41H38ClN5O3. The zero-order valence-electron chi connectivity index (χ0n) is 28.3. The van der Waals surface area contributed by atoms with Crippen molar-refractivity contribution in [1.82, 2.24) is 18.9 Å². The molecule has 2 aliphatic rings. The molecule has 0 fully saturated rings. The normalized spacial score (nSPS) is 15.9. The lowest BCUT2D eigenvalue weighted by Crippen LogP contribution is -2.42. The number of amides is 2. The summed E-state index contributed by atoms with van der Waals surface area (Å²) < 4.78 is 4.23. The van der Waals surface area contributed by atoms with Gasteiger partial charge in [0.2, 0.25) is 0 Å². The van der Waals surface area contributed by atoms with E-state index in [-0.39, 0.29) is 23.6 Å². The number of benzene rings is 4. The van der Waals surface area contributed by atoms with Crippen LogP contribution in [0.3, 0.4) is 0 Å². The number of carbonyl (C=O) groups excluding carboxylic acids is 2. The van der Waals surface area contributed by atoms with Crippen LogP contribution in [0, 0.1) is 0 Å². The van der Waals surface area contributed by atoms with Gasteiger partial charge in [0.05, 0.1) is 5.56 Å². The van der Waals surface area contributed by atoms with Crippen LogP contribution in [0.15, 0.2) is 103 Å². The standard InChI is InChI=1S/C41H38ClN5O3/c1-26-20-27-6-4-5-7-29(27)24-46(26)40(49)34-14-8-30(42)22-35(34)38-23-36(39-25-43(2)18-19-45(38)39)41(50)47(31-9-12-33(48)13-10-31)32-11-15-37-28(21-32)16-17-44(37)3/h4-17,21-23,26,48H,18-20,24-25H2,1-3H3/t26-/m1/s1. The van der Waals surface area contributed by atoms with E-state index >= 15 is 4.79 Å². The van der Waals surface area contributed by atoms with E-state index in [9.17, 15) is 9.90 Å². The number of halogens is 1. The highest BCUT2D eigenvalue weighted by molar-refractivity contribution is 6.31. The third-order valence-corrected chi connectivity index (χ3v) is 10.5. The number of fused-ring (bicyclic) bond motifs is 3. The number of phenols is 1. The molecule has 8 rings (SSSR count). The van der Waals surface area contributed by atoms with Gasteiger partial charge in [-0.1, -0.05) is 35.9 Å². The van der Waals surface area contributed by atoms with E-state index in [0.29, 0.717) is 52.7 Å². The van der Waals surface area contributed by atoms with E-state index < -0.39 is 0 Å². The number of aromatic hydroxyl groups is 1. The van der Waals surface area contributed by atoms with Crippen molar-refractivity contribution in [3.05, 3.63) is 136 Å². The van der Waals surface area contributed by atoms with E-state index in [0.717, 1.165) is 40.8 Å². The molecule has 1 atom stereocenters. The highest BCUT2D eigenvalue weighted by Gasteiger charge is 2.33. The fourth-order valence-electron chi connectivity index (χ4n) is 7.56. The Morgan fingerprint density at radius 1 is 0.820 bits per heavy atom. The second-order valence-electron chi connectivity index (χ2n) is 13.6. The number of likely N-dealkylation sites (N-methyl/N-ethyl adjacent to an activating group) is 1. The van der Waals surface area contributed by atoms with Crippen molar-refractivity contribution in [1.29, 1.82) is 0 Å². The zero-order valence-corrected chi connectivity index (χ0v) is 29.1. The third kappa shape index (κ3) is 5.54. The number of nitrogens with zero attached hydrogens (tertiary/aromatic N) is 5. The van der Waals surface area contributed by atoms with E-state index in [1.165, 1.54) is 5.56 Å². The fraction of sp³-hybridized carbons (Fsp3) is 0.220. The molecule has 0 saturated carbocycles. The predicted octanol–water partition coefficient (Wildman–Crippen LogP) is 8.02. The van der Waals surface area contributed by atoms with Crippen LogP contribution >= 0.6 is 11.6 Å². The molecule has 0 bridgehead atoms. The molecule has 4 heterocycles. The summed E-state index contributed by atoms with van der Waals surface area (Å²) in [5, 5.41) is 11.7. The number of aryl methyl sites for hydroxylation is 1. The first-order chi connectivity index (χ1) is 24.2. The zero-order chi connectivity index (χ0) is 34.7. The maximum Gasteiger partial charge on any atom is 0.264 e. The van der Waals surface area contributed by atoms with Crippen molar-refractivity contribution in [3.63, 3.8) is 0 Å². The van der Waals surface area contributed by atoms with Gasteiger partial charge >= 0.3 is 0 Å². The van der Waals surface area contributed by atoms with Crippen molar-refractivity contribution in [2.24, 2.45) is 7.05 Å². The van der Waals surface area contributed by atoms with Crippen molar-refractivity contribution in [2.75, 3.05) is 18.5 Å². The van der Waals surface area contributed by atoms with Crippen LogP contribution in [0.25, 0.3) is 22.2 Å². The first-order valence-corrected chi connectivity index (χ1v) is 17.3. The molecule has 6 aromatic rings. The third-order valence-electron chi connectivity index (χ3n) is 10.3. The van der Waals surface area contributed by atoms with Crippen LogP contribution in [0.2, 0.25) is 5.02 Å². The van der Waals surface area contributed by atoms with Crippen molar-refractivity contribution in [2.45, 2.75) is 39.0 Å². The van der Waals surface area contributed by atoms with Crippen molar-refractivity contribution >= 4 is 45.7 Å². The van der Waals surface area contributed by atoms with Crippen LogP contribution in [0.4, 0.5) is 11.4 Å². The van der Waals surface area contributed by atoms with Crippen LogP contribution < -0.4 is 4.90 Å². The van der Waals surface area contributed by atoms with Gasteiger partial charge < -0.3 is 19.1 Å². The highest BCUT2D eigenvalue weighted by atomic mass is 35.5. The number of hydrogen-bond acceptors (Lipinski definition) is 4. The molecule has 2 aliphatic heterocycles. The van der Waals surface area contributed by atoms with Gasteiger partial charge in [-0.25, -0.2) is 0 Å². The summed E-state index contributed by atoms with van der Waals surface area (Å²) in [5.74, 6) is -0.140. The number of aromatic nitrogens is 2. The summed E-state index contributed by atoms with van der Waals surface area (Å²) in [6.45, 7) is 4.63. The van der Waals surface area contributed by atoms with Crippen molar-refractivity contribution < 1.29 is 14.7 Å². The first-order valence-electron chi connectivity index (χ1n) is 16.9. The van der Waals surface area contributed by atoms with Crippen LogP contribution in [-0.4, -0.2) is 55.5 Å². The van der Waals surface area contributed by atoms with E-state index in [2.05, 4.69) is 41.6 Å². The first kappa shape index (κ1) is 31.9. The molecule has 0 spiro atoms. The minimum atomic E-state index is -0.201. The van der Waals surface area contributed by atoms with Crippen molar-refractivity contribution in [3.8, 4) is 17.0 Å². The second kappa shape index (κ2) is 12.5. The molecule has 4 aromatic carbocycles. The molecule has 50 heavy (non-hydrogen) atoms. The molecule has 0 unspecified atom stereocenters. The average molecular weight is 684 g/mol. The van der Waals surface area contributed by atoms with Gasteiger partial charge in [0.25, 0.3) is 11.8 Å². The Labute approximate surface area is 296 Å². The van der Waals surface area contributed by atoms with Gasteiger partial charge in [-0.15, -0.1) is 0 Å². The summed E-state index contributed by atoms with van der Waals surface area (Å²) in [4.78, 5) is 35.3. The number of phenolic OH excluding ortho intramolecular Hbond substituents is 1. The molecule has 2 aromatic heterocycles. The van der Waals surface area contributed by atoms with Gasteiger partial charge in [0.1, 0.15) is 5.75 Å². The summed E-state index contributed by atoms with van der Waals surface area (Å²) in [7, 11) is 4.05. The Bertz CT molecular complexity index is 2290. The molecule has 252 valence electrons. The Hall–Kier alpha value is -5.31. The summed E-state index contributed by atoms with van der Waals surface area (Å²) in [6, 6.07) is 30.4. The van der Waals surface area contributed by atoms with Gasteiger partial charge in [-0.05, 0) is 104 Å². The van der Waals surface area contributed by atoms with Crippen LogP contribution in [0.5, 0.6) is 5.75 Å². The molecule has 1 N–H and O–H groups in total. The topological polar surface area (TPSA) is 74.0 Å². The molecule has 9 heteroatoms. The van der Waals surface area contributed by atoms with Crippen LogP contribution in [0.1, 0.15) is 44.5 Å². The maximum absolute atomic E-state index is 15.0. The second-order valence-corrected chi connectivity index (χ2v) is 14.0. The SMILES string of the molecule is C[C@@H]1Cc2ccccc2CN1C(=O)c1ccc(Cl)cc1-c1cc(C(=O)N(c2ccc(O)cc2)c2ccc3c(ccn3C)c2)c2n1CCN(C)C2. The monoisotopic (exact) mass is 683 g/mol. The summed E-state index contributed by atoms with van der Waals surface area (Å²) in [6.07, 6.45) is 2.79. The Morgan fingerprint density at radius 3 is 2.38 bits per heavy atom. The summed E-state index contributed by atoms with van der Waals surface area (Å²) in [5.41, 5.74) is 8.32. The maximum atomic E-state index is 15.0. The minimum absolute atomic E-state index is 0.0220. The highest BCUT2D eigenvalue weighted by Crippen LogP contribution is 2.38. The number of anilines is 2. The van der Waals surface area contributed by atoms with Gasteiger partial charge in [0.15, 0.2) is 0 Å². The van der Waals surface area contributed by atoms with Gasteiger partial charge in [0, 0.05) is 95.3 Å². The lowest BCUT2D eigenvalue weighted by atomic mass is 9.93. The number of hydrogen-bond donors (Lipinski definition) is 1. The predicted molar refractivity (Wildman–Crippen MR) is 198 cm³/mol. The van der Waals surface area contributed by atoms with Crippen LogP contribution in [-0.2, 0) is 33.1 Å². The Balaban J connectivity index is 1.25. The Morgan fingerprint density at radius 2 is 1.58 bits per heavy atom. The van der Waals surface area contributed by atoms with Gasteiger partial charge in [-0.3, -0.25) is 19.4 Å². The van der Waals surface area contributed by atoms with Gasteiger partial charge in [-0.2, -0.15) is 0 Å². The smallest absolute Gasteiger partial charge is 0.264 e. The number of carbonyl (C=O) groups is 2. The molecule has 0 saturated heterocycles. The van der Waals surface area contributed by atoms with E-state index in [1.807, 2.05) is 71.2 Å². The van der Waals surface area contributed by atoms with E-state index in [1.54, 1.807) is 35.2 Å². The quantitative estimate of drug-likeness (QED) is 0.200. The molecule has 2 amide bonds. The Kier molecular flexibility index (Phi) is 8.01. The molecule has 0 radical (unpaired) electrons. The lowest BCUT2D eigenvalue weighted by molar-refractivity contribution is 0.0659. The average Bonchev–Trinajstić information content (AvgIpc) is 3.68. The summed E-state index contributed by atoms with van der Waals surface area (Å²) >= 11 is 6.66. The minimum Gasteiger partial charge on any atom is -0.508 e. The molecular weight excluding hydrogens is 646 g/mol.